The second-order valence-corrected chi connectivity index (χ2v) is 7.69. The Balaban J connectivity index is 1.96. The first kappa shape index (κ1) is 19.8. The summed E-state index contributed by atoms with van der Waals surface area (Å²) in [6.07, 6.45) is 3.09. The van der Waals surface area contributed by atoms with Crippen LogP contribution in [0.5, 0.6) is 5.88 Å². The maximum Gasteiger partial charge on any atom is 0.407 e. The molecular formula is C18H28N4O4. The Hall–Kier alpha value is -2.51. The smallest absolute Gasteiger partial charge is 0.407 e. The first-order valence-corrected chi connectivity index (χ1v) is 8.68. The molecule has 1 aromatic heterocycles. The predicted octanol–water partition coefficient (Wildman–Crippen LogP) is 2.91. The van der Waals surface area contributed by atoms with Crippen LogP contribution in [-0.4, -0.2) is 41.9 Å². The Morgan fingerprint density at radius 1 is 1.27 bits per heavy atom. The summed E-state index contributed by atoms with van der Waals surface area (Å²) in [4.78, 5) is 28.4. The molecule has 144 valence electrons. The minimum absolute atomic E-state index is 0.282. The van der Waals surface area contributed by atoms with Crippen LogP contribution in [-0.2, 0) is 4.74 Å². The minimum atomic E-state index is -0.573. The van der Waals surface area contributed by atoms with E-state index in [1.54, 1.807) is 39.1 Å². The maximum absolute atomic E-state index is 12.5. The van der Waals surface area contributed by atoms with Crippen LogP contribution in [0.4, 0.5) is 15.3 Å². The summed E-state index contributed by atoms with van der Waals surface area (Å²) in [5.74, 6) is 0.640. The van der Waals surface area contributed by atoms with Crippen LogP contribution >= 0.6 is 0 Å². The molecule has 0 radical (unpaired) electrons. The first-order valence-electron chi connectivity index (χ1n) is 8.68. The van der Waals surface area contributed by atoms with Gasteiger partial charge >= 0.3 is 12.1 Å². The van der Waals surface area contributed by atoms with E-state index >= 15 is 0 Å². The first-order chi connectivity index (χ1) is 12.1. The molecule has 1 aromatic rings. The number of urea groups is 1. The van der Waals surface area contributed by atoms with Crippen LogP contribution in [0.1, 0.15) is 40.5 Å². The number of carbonyl (C=O) groups is 2. The van der Waals surface area contributed by atoms with Crippen molar-refractivity contribution in [1.29, 1.82) is 0 Å². The molecule has 2 rings (SSSR count). The average molecular weight is 364 g/mol. The molecule has 8 heteroatoms. The zero-order chi connectivity index (χ0) is 19.4. The number of nitrogens with one attached hydrogen (secondary N) is 3. The molecule has 0 unspecified atom stereocenters. The van der Waals surface area contributed by atoms with E-state index in [9.17, 15) is 9.59 Å². The van der Waals surface area contributed by atoms with Crippen molar-refractivity contribution in [2.75, 3.05) is 19.0 Å². The van der Waals surface area contributed by atoms with E-state index in [0.29, 0.717) is 17.5 Å². The van der Waals surface area contributed by atoms with Crippen LogP contribution < -0.4 is 20.7 Å². The van der Waals surface area contributed by atoms with Crippen molar-refractivity contribution in [3.8, 4) is 5.88 Å². The molecule has 0 aromatic carbocycles. The quantitative estimate of drug-likeness (QED) is 0.720. The minimum Gasteiger partial charge on any atom is -0.480 e. The lowest BCUT2D eigenvalue weighted by atomic mass is 9.96. The molecule has 8 nitrogen and oxygen atoms in total. The zero-order valence-corrected chi connectivity index (χ0v) is 16.0. The third kappa shape index (κ3) is 5.79. The van der Waals surface area contributed by atoms with E-state index in [1.165, 1.54) is 7.11 Å². The van der Waals surface area contributed by atoms with E-state index in [2.05, 4.69) is 20.9 Å². The topological polar surface area (TPSA) is 102 Å². The lowest BCUT2D eigenvalue weighted by molar-refractivity contribution is 0.0509. The molecule has 26 heavy (non-hydrogen) atoms. The standard InChI is InChI=1S/C18H28N4O4/c1-17(2,3)26-16(24)20-11-18(4,12-8-9-12)22-15(23)21-13-7-6-10-19-14(13)25-5/h6-7,10,12H,8-9,11H2,1-5H3,(H,20,24)(H2,21,22,23)/t18-/m1/s1. The van der Waals surface area contributed by atoms with Gasteiger partial charge in [0.1, 0.15) is 11.3 Å². The third-order valence-corrected chi connectivity index (χ3v) is 4.09. The van der Waals surface area contributed by atoms with Gasteiger partial charge in [0.05, 0.1) is 12.6 Å². The van der Waals surface area contributed by atoms with E-state index in [-0.39, 0.29) is 12.6 Å². The summed E-state index contributed by atoms with van der Waals surface area (Å²) in [5, 5.41) is 8.47. The molecule has 0 saturated heterocycles. The third-order valence-electron chi connectivity index (χ3n) is 4.09. The highest BCUT2D eigenvalue weighted by atomic mass is 16.6. The Labute approximate surface area is 154 Å². The lowest BCUT2D eigenvalue weighted by Crippen LogP contribution is -2.56. The lowest BCUT2D eigenvalue weighted by Gasteiger charge is -2.32. The molecule has 3 N–H and O–H groups in total. The van der Waals surface area contributed by atoms with Crippen LogP contribution in [0.3, 0.4) is 0 Å². The van der Waals surface area contributed by atoms with Crippen molar-refractivity contribution in [1.82, 2.24) is 15.6 Å². The van der Waals surface area contributed by atoms with Crippen molar-refractivity contribution < 1.29 is 19.1 Å². The van der Waals surface area contributed by atoms with Gasteiger partial charge in [-0.05, 0) is 58.6 Å². The van der Waals surface area contributed by atoms with Crippen LogP contribution in [0.25, 0.3) is 0 Å². The van der Waals surface area contributed by atoms with Gasteiger partial charge < -0.3 is 25.4 Å². The monoisotopic (exact) mass is 364 g/mol. The van der Waals surface area contributed by atoms with Gasteiger partial charge in [-0.15, -0.1) is 0 Å². The van der Waals surface area contributed by atoms with Gasteiger partial charge in [0.15, 0.2) is 0 Å². The summed E-state index contributed by atoms with van der Waals surface area (Å²) in [5.41, 5.74) is -0.663. The number of rotatable bonds is 6. The summed E-state index contributed by atoms with van der Waals surface area (Å²) in [6, 6.07) is 3.04. The number of ether oxygens (including phenoxy) is 2. The molecule has 1 aliphatic rings. The Morgan fingerprint density at radius 2 is 1.96 bits per heavy atom. The number of nitrogens with zero attached hydrogens (tertiary/aromatic N) is 1. The Kier molecular flexibility index (Phi) is 5.94. The van der Waals surface area contributed by atoms with Crippen molar-refractivity contribution in [2.45, 2.75) is 51.7 Å². The largest absolute Gasteiger partial charge is 0.480 e. The number of amides is 3. The Morgan fingerprint density at radius 3 is 2.54 bits per heavy atom. The van der Waals surface area contributed by atoms with Crippen LogP contribution in [0.15, 0.2) is 18.3 Å². The number of alkyl carbamates (subject to hydrolysis) is 1. The highest BCUT2D eigenvalue weighted by Gasteiger charge is 2.43. The predicted molar refractivity (Wildman–Crippen MR) is 98.3 cm³/mol. The number of methoxy groups -OCH3 is 1. The van der Waals surface area contributed by atoms with Crippen molar-refractivity contribution in [2.24, 2.45) is 5.92 Å². The molecule has 0 spiro atoms. The number of anilines is 1. The van der Waals surface area contributed by atoms with Crippen molar-refractivity contribution >= 4 is 17.8 Å². The highest BCUT2D eigenvalue weighted by molar-refractivity contribution is 5.91. The van der Waals surface area contributed by atoms with E-state index in [4.69, 9.17) is 9.47 Å². The molecule has 0 bridgehead atoms. The van der Waals surface area contributed by atoms with Gasteiger partial charge in [-0.1, -0.05) is 0 Å². The van der Waals surface area contributed by atoms with Crippen LogP contribution in [0.2, 0.25) is 0 Å². The number of hydrogen-bond donors (Lipinski definition) is 3. The fourth-order valence-corrected chi connectivity index (χ4v) is 2.64. The summed E-state index contributed by atoms with van der Waals surface area (Å²) >= 11 is 0. The Bertz CT molecular complexity index is 655. The van der Waals surface area contributed by atoms with Gasteiger partial charge in [0, 0.05) is 12.7 Å². The molecule has 1 fully saturated rings. The van der Waals surface area contributed by atoms with Gasteiger partial charge in [-0.3, -0.25) is 0 Å². The molecular weight excluding hydrogens is 336 g/mol. The fraction of sp³-hybridized carbons (Fsp3) is 0.611. The molecule has 1 atom stereocenters. The van der Waals surface area contributed by atoms with Crippen molar-refractivity contribution in [3.63, 3.8) is 0 Å². The second-order valence-electron chi connectivity index (χ2n) is 7.69. The number of aromatic nitrogens is 1. The van der Waals surface area contributed by atoms with Gasteiger partial charge in [0.25, 0.3) is 0 Å². The molecule has 1 aliphatic carbocycles. The van der Waals surface area contributed by atoms with E-state index in [1.807, 2.05) is 6.92 Å². The van der Waals surface area contributed by atoms with E-state index in [0.717, 1.165) is 12.8 Å². The van der Waals surface area contributed by atoms with Crippen LogP contribution in [0, 0.1) is 5.92 Å². The van der Waals surface area contributed by atoms with Crippen molar-refractivity contribution in [3.05, 3.63) is 18.3 Å². The number of carbonyl (C=O) groups excluding carboxylic acids is 2. The van der Waals surface area contributed by atoms with Gasteiger partial charge in [-0.2, -0.15) is 0 Å². The zero-order valence-electron chi connectivity index (χ0n) is 16.0. The highest BCUT2D eigenvalue weighted by Crippen LogP contribution is 2.39. The van der Waals surface area contributed by atoms with E-state index < -0.39 is 17.2 Å². The SMILES string of the molecule is COc1ncccc1NC(=O)N[C@](C)(CNC(=O)OC(C)(C)C)C1CC1. The fourth-order valence-electron chi connectivity index (χ4n) is 2.64. The average Bonchev–Trinajstić information content (AvgIpc) is 3.37. The van der Waals surface area contributed by atoms with Gasteiger partial charge in [0.2, 0.25) is 5.88 Å². The second kappa shape index (κ2) is 7.80. The normalized spacial score (nSPS) is 16.2. The maximum atomic E-state index is 12.5. The summed E-state index contributed by atoms with van der Waals surface area (Å²) in [6.45, 7) is 7.62. The number of pyridine rings is 1. The summed E-state index contributed by atoms with van der Waals surface area (Å²) in [7, 11) is 1.49. The molecule has 3 amide bonds. The number of hydrogen-bond acceptors (Lipinski definition) is 5. The molecule has 1 saturated carbocycles. The summed E-state index contributed by atoms with van der Waals surface area (Å²) < 4.78 is 10.4. The molecule has 0 aliphatic heterocycles. The molecule has 1 heterocycles. The van der Waals surface area contributed by atoms with Gasteiger partial charge in [-0.25, -0.2) is 14.6 Å².